The molecule has 0 aliphatic carbocycles. The first-order valence-corrected chi connectivity index (χ1v) is 7.95. The number of alkyl halides is 3. The number of hydrogen-bond acceptors (Lipinski definition) is 6. The lowest BCUT2D eigenvalue weighted by Crippen LogP contribution is -2.59. The molecule has 0 fully saturated rings. The average molecular weight is 350 g/mol. The molecule has 0 aromatic heterocycles. The molecule has 0 saturated carbocycles. The zero-order valence-corrected chi connectivity index (χ0v) is 13.4. The quantitative estimate of drug-likeness (QED) is 0.767. The zero-order valence-electron chi connectivity index (χ0n) is 12.4. The van der Waals surface area contributed by atoms with Crippen LogP contribution in [0.15, 0.2) is 24.3 Å². The monoisotopic (exact) mass is 350 g/mol. The van der Waals surface area contributed by atoms with Crippen LogP contribution in [0.2, 0.25) is 0 Å². The molecule has 6 nitrogen and oxygen atoms in total. The fraction of sp³-hybridized carbons (Fsp3) is 0.308. The van der Waals surface area contributed by atoms with E-state index in [1.54, 1.807) is 0 Å². The number of carbonyl (C=O) groups is 3. The summed E-state index contributed by atoms with van der Waals surface area (Å²) in [5, 5.41) is -0.133. The Labute approximate surface area is 130 Å². The number of halogens is 3. The van der Waals surface area contributed by atoms with Crippen LogP contribution >= 0.6 is 0 Å². The highest BCUT2D eigenvalue weighted by molar-refractivity contribution is 6.79. The molecule has 0 saturated heterocycles. The van der Waals surface area contributed by atoms with Gasteiger partial charge < -0.3 is 13.3 Å². The minimum atomic E-state index is -4.58. The van der Waals surface area contributed by atoms with Crippen LogP contribution in [0.25, 0.3) is 0 Å². The zero-order chi connectivity index (χ0) is 17.8. The Balaban J connectivity index is 3.38. The van der Waals surface area contributed by atoms with Crippen molar-refractivity contribution >= 4 is 31.9 Å². The second-order valence-electron chi connectivity index (χ2n) is 4.41. The van der Waals surface area contributed by atoms with Gasteiger partial charge >= 0.3 is 15.0 Å². The molecule has 10 heteroatoms. The summed E-state index contributed by atoms with van der Waals surface area (Å²) >= 11 is 0. The van der Waals surface area contributed by atoms with Gasteiger partial charge in [0.1, 0.15) is 0 Å². The maximum atomic E-state index is 12.6. The van der Waals surface area contributed by atoms with Crippen LogP contribution < -0.4 is 5.19 Å². The Hall–Kier alpha value is -2.36. The van der Waals surface area contributed by atoms with Gasteiger partial charge in [-0.25, -0.2) is 0 Å². The summed E-state index contributed by atoms with van der Waals surface area (Å²) in [6, 6.07) is 3.27. The van der Waals surface area contributed by atoms with E-state index in [0.717, 1.165) is 32.9 Å². The summed E-state index contributed by atoms with van der Waals surface area (Å²) in [7, 11) is -4.36. The van der Waals surface area contributed by atoms with Gasteiger partial charge in [-0.05, 0) is 12.1 Å². The molecule has 126 valence electrons. The molecule has 0 unspecified atom stereocenters. The second kappa shape index (κ2) is 6.81. The maximum absolute atomic E-state index is 12.6. The molecule has 0 N–H and O–H groups in total. The molecule has 0 aliphatic rings. The van der Waals surface area contributed by atoms with Crippen LogP contribution in [0.1, 0.15) is 26.3 Å². The van der Waals surface area contributed by atoms with Gasteiger partial charge in [-0.2, -0.15) is 13.2 Å². The van der Waals surface area contributed by atoms with Crippen LogP contribution in [-0.2, 0) is 33.8 Å². The third kappa shape index (κ3) is 5.09. The van der Waals surface area contributed by atoms with Gasteiger partial charge in [-0.1, -0.05) is 12.1 Å². The maximum Gasteiger partial charge on any atom is 0.742 e. The van der Waals surface area contributed by atoms with Crippen LogP contribution in [0.3, 0.4) is 0 Å². The Morgan fingerprint density at radius 2 is 1.17 bits per heavy atom. The smallest absolute Gasteiger partial charge is 0.452 e. The van der Waals surface area contributed by atoms with E-state index in [1.807, 2.05) is 0 Å². The van der Waals surface area contributed by atoms with Crippen molar-refractivity contribution in [3.05, 3.63) is 29.8 Å². The van der Waals surface area contributed by atoms with E-state index in [2.05, 4.69) is 0 Å². The molecule has 1 aromatic rings. The van der Waals surface area contributed by atoms with E-state index < -0.39 is 38.5 Å². The first-order chi connectivity index (χ1) is 10.5. The lowest BCUT2D eigenvalue weighted by atomic mass is 10.2. The molecule has 0 radical (unpaired) electrons. The minimum absolute atomic E-state index is 0.133. The van der Waals surface area contributed by atoms with Crippen LogP contribution in [0.5, 0.6) is 0 Å². The van der Waals surface area contributed by atoms with E-state index in [1.165, 1.54) is 0 Å². The normalized spacial score (nSPS) is 11.6. The van der Waals surface area contributed by atoms with Crippen LogP contribution in [0, 0.1) is 0 Å². The van der Waals surface area contributed by atoms with E-state index in [9.17, 15) is 27.6 Å². The highest BCUT2D eigenvalue weighted by Gasteiger charge is 2.54. The van der Waals surface area contributed by atoms with Crippen molar-refractivity contribution in [2.45, 2.75) is 26.9 Å². The summed E-state index contributed by atoms with van der Waals surface area (Å²) in [5.74, 6) is -2.75. The van der Waals surface area contributed by atoms with Gasteiger partial charge in [0.25, 0.3) is 17.9 Å². The molecule has 0 amide bonds. The summed E-state index contributed by atoms with van der Waals surface area (Å²) < 4.78 is 52.5. The lowest BCUT2D eigenvalue weighted by Gasteiger charge is -2.26. The Morgan fingerprint density at radius 1 is 0.826 bits per heavy atom. The van der Waals surface area contributed by atoms with Gasteiger partial charge in [0, 0.05) is 20.8 Å². The van der Waals surface area contributed by atoms with Crippen molar-refractivity contribution in [3.8, 4) is 0 Å². The Kier molecular flexibility index (Phi) is 5.54. The predicted molar refractivity (Wildman–Crippen MR) is 72.1 cm³/mol. The molecule has 0 atom stereocenters. The second-order valence-corrected chi connectivity index (χ2v) is 6.71. The molecule has 0 bridgehead atoms. The summed E-state index contributed by atoms with van der Waals surface area (Å²) in [6.45, 7) is 2.95. The van der Waals surface area contributed by atoms with Gasteiger partial charge in [0.2, 0.25) is 0 Å². The van der Waals surface area contributed by atoms with E-state index >= 15 is 0 Å². The molecular formula is C13H13F3O6Si. The number of rotatable bonds is 4. The van der Waals surface area contributed by atoms with Gasteiger partial charge in [-0.15, -0.1) is 0 Å². The van der Waals surface area contributed by atoms with E-state index in [4.69, 9.17) is 13.3 Å². The van der Waals surface area contributed by atoms with Crippen molar-refractivity contribution in [2.24, 2.45) is 0 Å². The van der Waals surface area contributed by atoms with Crippen molar-refractivity contribution in [1.29, 1.82) is 0 Å². The molecule has 1 rings (SSSR count). The van der Waals surface area contributed by atoms with E-state index in [-0.39, 0.29) is 5.19 Å². The topological polar surface area (TPSA) is 78.9 Å². The number of hydrogen-bond donors (Lipinski definition) is 0. The fourth-order valence-electron chi connectivity index (χ4n) is 1.67. The Bertz CT molecular complexity index is 570. The standard InChI is InChI=1S/C13H13F3O6Si/c1-8(17)20-23(21-9(2)18,22-10(3)19)12-6-4-11(5-7-12)13(14,15)16/h4-7H,1-3H3. The largest absolute Gasteiger partial charge is 0.742 e. The van der Waals surface area contributed by atoms with Gasteiger partial charge in [0.15, 0.2) is 0 Å². The molecule has 0 aliphatic heterocycles. The summed E-state index contributed by atoms with van der Waals surface area (Å²) in [6.07, 6.45) is -4.58. The average Bonchev–Trinajstić information content (AvgIpc) is 2.35. The number of benzene rings is 1. The van der Waals surface area contributed by atoms with Gasteiger partial charge in [-0.3, -0.25) is 14.4 Å². The first-order valence-electron chi connectivity index (χ1n) is 6.23. The highest BCUT2D eigenvalue weighted by Crippen LogP contribution is 2.28. The van der Waals surface area contributed by atoms with Crippen molar-refractivity contribution < 1.29 is 40.8 Å². The fourth-order valence-corrected chi connectivity index (χ4v) is 3.86. The van der Waals surface area contributed by atoms with E-state index in [0.29, 0.717) is 12.1 Å². The van der Waals surface area contributed by atoms with Crippen molar-refractivity contribution in [1.82, 2.24) is 0 Å². The molecular weight excluding hydrogens is 337 g/mol. The highest BCUT2D eigenvalue weighted by atomic mass is 28.4. The van der Waals surface area contributed by atoms with Crippen molar-refractivity contribution in [3.63, 3.8) is 0 Å². The van der Waals surface area contributed by atoms with Crippen LogP contribution in [-0.4, -0.2) is 26.7 Å². The molecule has 0 heterocycles. The predicted octanol–water partition coefficient (Wildman–Crippen LogP) is 1.54. The van der Waals surface area contributed by atoms with Crippen molar-refractivity contribution in [2.75, 3.05) is 0 Å². The third-order valence-electron chi connectivity index (χ3n) is 2.40. The lowest BCUT2D eigenvalue weighted by molar-refractivity contribution is -0.147. The van der Waals surface area contributed by atoms with Gasteiger partial charge in [0.05, 0.1) is 10.8 Å². The summed E-state index contributed by atoms with van der Waals surface area (Å²) in [5.41, 5.74) is -0.961. The molecule has 1 aromatic carbocycles. The molecule has 23 heavy (non-hydrogen) atoms. The summed E-state index contributed by atoms with van der Waals surface area (Å²) in [4.78, 5) is 33.8. The number of carbonyl (C=O) groups excluding carboxylic acids is 3. The first kappa shape index (κ1) is 18.7. The Morgan fingerprint density at radius 3 is 1.43 bits per heavy atom. The molecule has 0 spiro atoms. The van der Waals surface area contributed by atoms with Crippen LogP contribution in [0.4, 0.5) is 13.2 Å². The minimum Gasteiger partial charge on any atom is -0.452 e. The third-order valence-corrected chi connectivity index (χ3v) is 5.11. The SMILES string of the molecule is CC(=O)O[Si](OC(C)=O)(OC(C)=O)c1ccc(C(F)(F)F)cc1.